The minimum Gasteiger partial charge on any atom is -0.339 e. The molecule has 1 unspecified atom stereocenters. The maximum atomic E-state index is 12.3. The van der Waals surface area contributed by atoms with Gasteiger partial charge in [-0.2, -0.15) is 0 Å². The Bertz CT molecular complexity index is 409. The van der Waals surface area contributed by atoms with Gasteiger partial charge in [-0.3, -0.25) is 14.5 Å². The van der Waals surface area contributed by atoms with Crippen molar-refractivity contribution in [2.75, 3.05) is 58.9 Å². The fraction of sp³-hybridized carbons (Fsp3) is 0.882. The maximum absolute atomic E-state index is 12.3. The number of rotatable bonds is 5. The summed E-state index contributed by atoms with van der Waals surface area (Å²) in [5, 5.41) is 3.35. The van der Waals surface area contributed by atoms with Gasteiger partial charge < -0.3 is 15.1 Å². The van der Waals surface area contributed by atoms with Crippen molar-refractivity contribution in [2.45, 2.75) is 32.1 Å². The predicted molar refractivity (Wildman–Crippen MR) is 89.0 cm³/mol. The van der Waals surface area contributed by atoms with Crippen LogP contribution >= 0.6 is 0 Å². The second-order valence-electron chi connectivity index (χ2n) is 7.14. The Labute approximate surface area is 139 Å². The SMILES string of the molecule is O=C(CCC1CCNC1)N1CCN(C(=O)CN2CCCC2)CC1. The van der Waals surface area contributed by atoms with E-state index in [0.717, 1.165) is 32.6 Å². The van der Waals surface area contributed by atoms with Gasteiger partial charge in [-0.1, -0.05) is 0 Å². The molecular formula is C17H30N4O2. The summed E-state index contributed by atoms with van der Waals surface area (Å²) in [5.41, 5.74) is 0. The second kappa shape index (κ2) is 8.11. The zero-order valence-corrected chi connectivity index (χ0v) is 14.1. The summed E-state index contributed by atoms with van der Waals surface area (Å²) in [6, 6.07) is 0. The number of hydrogen-bond donors (Lipinski definition) is 1. The van der Waals surface area contributed by atoms with Crippen LogP contribution in [0.15, 0.2) is 0 Å². The van der Waals surface area contributed by atoms with Crippen LogP contribution in [0.5, 0.6) is 0 Å². The summed E-state index contributed by atoms with van der Waals surface area (Å²) in [7, 11) is 0. The third-order valence-corrected chi connectivity index (χ3v) is 5.47. The third kappa shape index (κ3) is 4.67. The van der Waals surface area contributed by atoms with Crippen LogP contribution in [0.25, 0.3) is 0 Å². The zero-order valence-electron chi connectivity index (χ0n) is 14.1. The molecule has 2 amide bonds. The highest BCUT2D eigenvalue weighted by molar-refractivity contribution is 5.79. The normalized spacial score (nSPS) is 26.0. The molecule has 0 aliphatic carbocycles. The molecule has 0 aromatic carbocycles. The molecule has 6 heteroatoms. The first-order chi connectivity index (χ1) is 11.2. The summed E-state index contributed by atoms with van der Waals surface area (Å²) in [6.45, 7) is 7.62. The van der Waals surface area contributed by atoms with E-state index in [2.05, 4.69) is 10.2 Å². The van der Waals surface area contributed by atoms with Gasteiger partial charge in [0.15, 0.2) is 0 Å². The highest BCUT2D eigenvalue weighted by Gasteiger charge is 2.26. The molecule has 0 spiro atoms. The number of hydrogen-bond acceptors (Lipinski definition) is 4. The van der Waals surface area contributed by atoms with Crippen LogP contribution in [0.3, 0.4) is 0 Å². The highest BCUT2D eigenvalue weighted by Crippen LogP contribution is 2.16. The van der Waals surface area contributed by atoms with E-state index in [0.29, 0.717) is 45.1 Å². The van der Waals surface area contributed by atoms with E-state index in [1.165, 1.54) is 19.3 Å². The average molecular weight is 322 g/mol. The van der Waals surface area contributed by atoms with Crippen LogP contribution in [-0.4, -0.2) is 85.4 Å². The Hall–Kier alpha value is -1.14. The van der Waals surface area contributed by atoms with E-state index in [-0.39, 0.29) is 11.8 Å². The van der Waals surface area contributed by atoms with Crippen molar-refractivity contribution in [1.29, 1.82) is 0 Å². The molecule has 3 aliphatic rings. The lowest BCUT2D eigenvalue weighted by molar-refractivity contribution is -0.140. The monoisotopic (exact) mass is 322 g/mol. The van der Waals surface area contributed by atoms with Crippen LogP contribution in [0.2, 0.25) is 0 Å². The Morgan fingerprint density at radius 1 is 0.913 bits per heavy atom. The van der Waals surface area contributed by atoms with Crippen molar-refractivity contribution in [1.82, 2.24) is 20.0 Å². The van der Waals surface area contributed by atoms with E-state index in [9.17, 15) is 9.59 Å². The predicted octanol–water partition coefficient (Wildman–Crippen LogP) is 0.143. The fourth-order valence-electron chi connectivity index (χ4n) is 3.88. The van der Waals surface area contributed by atoms with E-state index < -0.39 is 0 Å². The van der Waals surface area contributed by atoms with Gasteiger partial charge in [-0.25, -0.2) is 0 Å². The molecule has 3 saturated heterocycles. The number of carbonyl (C=O) groups excluding carboxylic acids is 2. The molecule has 0 aromatic rings. The van der Waals surface area contributed by atoms with Crippen molar-refractivity contribution in [3.63, 3.8) is 0 Å². The highest BCUT2D eigenvalue weighted by atomic mass is 16.2. The van der Waals surface area contributed by atoms with Crippen LogP contribution in [-0.2, 0) is 9.59 Å². The van der Waals surface area contributed by atoms with E-state index in [4.69, 9.17) is 0 Å². The van der Waals surface area contributed by atoms with Crippen LogP contribution in [0.4, 0.5) is 0 Å². The first-order valence-corrected chi connectivity index (χ1v) is 9.21. The summed E-state index contributed by atoms with van der Waals surface area (Å²) in [5.74, 6) is 1.17. The number of likely N-dealkylation sites (tertiary alicyclic amines) is 1. The lowest BCUT2D eigenvalue weighted by Crippen LogP contribution is -2.52. The van der Waals surface area contributed by atoms with Gasteiger partial charge in [-0.05, 0) is 57.8 Å². The molecule has 0 radical (unpaired) electrons. The first kappa shape index (κ1) is 16.7. The molecule has 6 nitrogen and oxygen atoms in total. The van der Waals surface area contributed by atoms with Crippen LogP contribution in [0, 0.1) is 5.92 Å². The summed E-state index contributed by atoms with van der Waals surface area (Å²) >= 11 is 0. The molecule has 3 fully saturated rings. The molecule has 3 aliphatic heterocycles. The van der Waals surface area contributed by atoms with Gasteiger partial charge in [0.2, 0.25) is 11.8 Å². The number of piperazine rings is 1. The molecule has 130 valence electrons. The summed E-state index contributed by atoms with van der Waals surface area (Å²) in [6.07, 6.45) is 5.29. The topological polar surface area (TPSA) is 55.9 Å². The minimum absolute atomic E-state index is 0.232. The van der Waals surface area contributed by atoms with Gasteiger partial charge in [0.25, 0.3) is 0 Å². The summed E-state index contributed by atoms with van der Waals surface area (Å²) in [4.78, 5) is 30.7. The standard InChI is InChI=1S/C17H30N4O2/c22-16(4-3-15-5-6-18-13-15)20-9-11-21(12-10-20)17(23)14-19-7-1-2-8-19/h15,18H,1-14H2. The van der Waals surface area contributed by atoms with E-state index in [1.54, 1.807) is 0 Å². The van der Waals surface area contributed by atoms with Gasteiger partial charge in [0, 0.05) is 32.6 Å². The van der Waals surface area contributed by atoms with Crippen LogP contribution in [0.1, 0.15) is 32.1 Å². The number of amides is 2. The van der Waals surface area contributed by atoms with Crippen molar-refractivity contribution in [3.05, 3.63) is 0 Å². The average Bonchev–Trinajstić information content (AvgIpc) is 3.26. The van der Waals surface area contributed by atoms with Gasteiger partial charge >= 0.3 is 0 Å². The number of nitrogens with zero attached hydrogens (tertiary/aromatic N) is 3. The Morgan fingerprint density at radius 3 is 2.17 bits per heavy atom. The van der Waals surface area contributed by atoms with Crippen LogP contribution < -0.4 is 5.32 Å². The Balaban J connectivity index is 1.35. The smallest absolute Gasteiger partial charge is 0.236 e. The van der Waals surface area contributed by atoms with Crippen molar-refractivity contribution < 1.29 is 9.59 Å². The molecule has 0 aromatic heterocycles. The maximum Gasteiger partial charge on any atom is 0.236 e. The zero-order chi connectivity index (χ0) is 16.1. The molecule has 0 saturated carbocycles. The Kier molecular flexibility index (Phi) is 5.89. The van der Waals surface area contributed by atoms with Gasteiger partial charge in [-0.15, -0.1) is 0 Å². The largest absolute Gasteiger partial charge is 0.339 e. The molecular weight excluding hydrogens is 292 g/mol. The van der Waals surface area contributed by atoms with Crippen molar-refractivity contribution in [3.8, 4) is 0 Å². The third-order valence-electron chi connectivity index (χ3n) is 5.47. The van der Waals surface area contributed by atoms with E-state index in [1.807, 2.05) is 9.80 Å². The first-order valence-electron chi connectivity index (χ1n) is 9.21. The summed E-state index contributed by atoms with van der Waals surface area (Å²) < 4.78 is 0. The lowest BCUT2D eigenvalue weighted by Gasteiger charge is -2.35. The van der Waals surface area contributed by atoms with Gasteiger partial charge in [0.05, 0.1) is 6.54 Å². The number of nitrogens with one attached hydrogen (secondary N) is 1. The molecule has 1 N–H and O–H groups in total. The fourth-order valence-corrected chi connectivity index (χ4v) is 3.88. The Morgan fingerprint density at radius 2 is 1.57 bits per heavy atom. The van der Waals surface area contributed by atoms with E-state index >= 15 is 0 Å². The molecule has 0 bridgehead atoms. The second-order valence-corrected chi connectivity index (χ2v) is 7.14. The van der Waals surface area contributed by atoms with Crippen molar-refractivity contribution in [2.24, 2.45) is 5.92 Å². The molecule has 3 rings (SSSR count). The quantitative estimate of drug-likeness (QED) is 0.782. The van der Waals surface area contributed by atoms with Crippen molar-refractivity contribution >= 4 is 11.8 Å². The molecule has 3 heterocycles. The van der Waals surface area contributed by atoms with Gasteiger partial charge in [0.1, 0.15) is 0 Å². The minimum atomic E-state index is 0.232. The lowest BCUT2D eigenvalue weighted by atomic mass is 10.0. The number of carbonyl (C=O) groups is 2. The molecule has 23 heavy (non-hydrogen) atoms. The molecule has 1 atom stereocenters.